The Morgan fingerprint density at radius 3 is 2.42 bits per heavy atom. The molecule has 1 aromatic rings. The van der Waals surface area contributed by atoms with E-state index in [9.17, 15) is 0 Å². The van der Waals surface area contributed by atoms with Crippen molar-refractivity contribution < 1.29 is 0 Å². The van der Waals surface area contributed by atoms with Gasteiger partial charge in [-0.1, -0.05) is 44.2 Å². The predicted molar refractivity (Wildman–Crippen MR) is 83.3 cm³/mol. The van der Waals surface area contributed by atoms with Crippen molar-refractivity contribution in [3.8, 4) is 0 Å². The first-order valence-corrected chi connectivity index (χ1v) is 7.65. The largest absolute Gasteiger partial charge is 0.309 e. The van der Waals surface area contributed by atoms with E-state index in [1.54, 1.807) is 0 Å². The number of benzene rings is 1. The molecule has 0 amide bonds. The number of hydrogen-bond acceptors (Lipinski definition) is 1. The summed E-state index contributed by atoms with van der Waals surface area (Å²) < 4.78 is 0. The molecule has 1 heteroatoms. The Kier molecular flexibility index (Phi) is 4.67. The van der Waals surface area contributed by atoms with Gasteiger partial charge in [0.1, 0.15) is 0 Å². The lowest BCUT2D eigenvalue weighted by molar-refractivity contribution is 0.0976. The van der Waals surface area contributed by atoms with Crippen LogP contribution in [0, 0.1) is 17.3 Å². The summed E-state index contributed by atoms with van der Waals surface area (Å²) in [6, 6.07) is 11.0. The van der Waals surface area contributed by atoms with E-state index in [2.05, 4.69) is 63.2 Å². The highest BCUT2D eigenvalue weighted by molar-refractivity contribution is 5.15. The predicted octanol–water partition coefficient (Wildman–Crippen LogP) is 4.23. The van der Waals surface area contributed by atoms with E-state index in [1.807, 2.05) is 0 Å². The van der Waals surface area contributed by atoms with Crippen molar-refractivity contribution in [3.05, 3.63) is 35.9 Å². The van der Waals surface area contributed by atoms with Gasteiger partial charge in [-0.15, -0.1) is 0 Å². The Balaban J connectivity index is 2.07. The van der Waals surface area contributed by atoms with Gasteiger partial charge in [0, 0.05) is 6.54 Å². The summed E-state index contributed by atoms with van der Waals surface area (Å²) in [6.45, 7) is 6.13. The van der Waals surface area contributed by atoms with Crippen LogP contribution in [0.2, 0.25) is 0 Å². The lowest BCUT2D eigenvalue weighted by atomic mass is 9.65. The lowest BCUT2D eigenvalue weighted by Gasteiger charge is -2.42. The molecule has 0 unspecified atom stereocenters. The van der Waals surface area contributed by atoms with Crippen molar-refractivity contribution in [2.75, 3.05) is 20.6 Å². The second-order valence-corrected chi connectivity index (χ2v) is 7.38. The standard InChI is InChI=1S/C18H29N/c1-18(2)11-10-16(14-19(3)4)17(13-18)12-15-8-6-5-7-9-15/h5-9,16-17H,10-14H2,1-4H3/t16-,17-/m0/s1. The van der Waals surface area contributed by atoms with Gasteiger partial charge in [0.15, 0.2) is 0 Å². The van der Waals surface area contributed by atoms with E-state index in [0.29, 0.717) is 5.41 Å². The monoisotopic (exact) mass is 259 g/mol. The Hall–Kier alpha value is -0.820. The van der Waals surface area contributed by atoms with Gasteiger partial charge in [0.25, 0.3) is 0 Å². The molecule has 1 nitrogen and oxygen atoms in total. The maximum Gasteiger partial charge on any atom is 0.000633 e. The second kappa shape index (κ2) is 6.09. The van der Waals surface area contributed by atoms with E-state index < -0.39 is 0 Å². The quantitative estimate of drug-likeness (QED) is 0.782. The fourth-order valence-electron chi connectivity index (χ4n) is 3.66. The Morgan fingerprint density at radius 2 is 1.79 bits per heavy atom. The Bertz CT molecular complexity index is 380. The zero-order chi connectivity index (χ0) is 13.9. The molecule has 1 aliphatic carbocycles. The van der Waals surface area contributed by atoms with E-state index in [4.69, 9.17) is 0 Å². The molecule has 0 bridgehead atoms. The molecule has 0 aliphatic heterocycles. The van der Waals surface area contributed by atoms with Crippen LogP contribution in [0.3, 0.4) is 0 Å². The van der Waals surface area contributed by atoms with Crippen molar-refractivity contribution in [2.45, 2.75) is 39.5 Å². The zero-order valence-electron chi connectivity index (χ0n) is 13.0. The van der Waals surface area contributed by atoms with E-state index in [1.165, 1.54) is 37.8 Å². The van der Waals surface area contributed by atoms with Crippen LogP contribution in [0.4, 0.5) is 0 Å². The molecular formula is C18H29N. The fraction of sp³-hybridized carbons (Fsp3) is 0.667. The number of rotatable bonds is 4. The summed E-state index contributed by atoms with van der Waals surface area (Å²) in [5.41, 5.74) is 2.04. The molecular weight excluding hydrogens is 230 g/mol. The maximum atomic E-state index is 2.44. The van der Waals surface area contributed by atoms with Crippen LogP contribution in [0.5, 0.6) is 0 Å². The summed E-state index contributed by atoms with van der Waals surface area (Å²) in [6.07, 6.45) is 5.41. The maximum absolute atomic E-state index is 2.44. The second-order valence-electron chi connectivity index (χ2n) is 7.38. The van der Waals surface area contributed by atoms with Crippen LogP contribution in [0.15, 0.2) is 30.3 Å². The third-order valence-electron chi connectivity index (χ3n) is 4.61. The number of nitrogens with zero attached hydrogens (tertiary/aromatic N) is 1. The van der Waals surface area contributed by atoms with Gasteiger partial charge in [-0.2, -0.15) is 0 Å². The SMILES string of the molecule is CN(C)C[C@@H]1CCC(C)(C)C[C@@H]1Cc1ccccc1. The lowest BCUT2D eigenvalue weighted by Crippen LogP contribution is -2.36. The molecule has 0 heterocycles. The van der Waals surface area contributed by atoms with Crippen LogP contribution in [0.25, 0.3) is 0 Å². The third-order valence-corrected chi connectivity index (χ3v) is 4.61. The van der Waals surface area contributed by atoms with Crippen LogP contribution in [-0.2, 0) is 6.42 Å². The first-order chi connectivity index (χ1) is 8.96. The highest BCUT2D eigenvalue weighted by Crippen LogP contribution is 2.43. The summed E-state index contributed by atoms with van der Waals surface area (Å²) in [5.74, 6) is 1.71. The molecule has 19 heavy (non-hydrogen) atoms. The van der Waals surface area contributed by atoms with Gasteiger partial charge in [0.05, 0.1) is 0 Å². The molecule has 0 saturated heterocycles. The zero-order valence-corrected chi connectivity index (χ0v) is 13.0. The average molecular weight is 259 g/mol. The van der Waals surface area contributed by atoms with Crippen LogP contribution in [-0.4, -0.2) is 25.5 Å². The van der Waals surface area contributed by atoms with Gasteiger partial charge in [0.2, 0.25) is 0 Å². The van der Waals surface area contributed by atoms with Gasteiger partial charge in [-0.05, 0) is 62.6 Å². The van der Waals surface area contributed by atoms with Crippen molar-refractivity contribution in [1.82, 2.24) is 4.90 Å². The summed E-state index contributed by atoms with van der Waals surface area (Å²) in [5, 5.41) is 0. The van der Waals surface area contributed by atoms with Crippen LogP contribution >= 0.6 is 0 Å². The minimum Gasteiger partial charge on any atom is -0.309 e. The Morgan fingerprint density at radius 1 is 1.11 bits per heavy atom. The van der Waals surface area contributed by atoms with E-state index in [0.717, 1.165) is 11.8 Å². The molecule has 2 atom stereocenters. The molecule has 1 saturated carbocycles. The normalized spacial score (nSPS) is 26.6. The molecule has 0 N–H and O–H groups in total. The van der Waals surface area contributed by atoms with Crippen LogP contribution in [0.1, 0.15) is 38.7 Å². The first-order valence-electron chi connectivity index (χ1n) is 7.65. The van der Waals surface area contributed by atoms with E-state index >= 15 is 0 Å². The Labute approximate surface area is 119 Å². The summed E-state index contributed by atoms with van der Waals surface area (Å²) in [7, 11) is 4.42. The minimum absolute atomic E-state index is 0.530. The fourth-order valence-corrected chi connectivity index (χ4v) is 3.66. The summed E-state index contributed by atoms with van der Waals surface area (Å²) in [4.78, 5) is 2.36. The molecule has 0 spiro atoms. The molecule has 1 fully saturated rings. The molecule has 0 aromatic heterocycles. The van der Waals surface area contributed by atoms with Crippen molar-refractivity contribution in [2.24, 2.45) is 17.3 Å². The molecule has 2 rings (SSSR count). The van der Waals surface area contributed by atoms with Gasteiger partial charge < -0.3 is 4.90 Å². The molecule has 1 aliphatic rings. The highest BCUT2D eigenvalue weighted by atomic mass is 15.1. The van der Waals surface area contributed by atoms with Gasteiger partial charge in [-0.3, -0.25) is 0 Å². The molecule has 1 aromatic carbocycles. The summed E-state index contributed by atoms with van der Waals surface area (Å²) >= 11 is 0. The molecule has 106 valence electrons. The number of hydrogen-bond donors (Lipinski definition) is 0. The molecule has 0 radical (unpaired) electrons. The topological polar surface area (TPSA) is 3.24 Å². The van der Waals surface area contributed by atoms with Crippen molar-refractivity contribution >= 4 is 0 Å². The first kappa shape index (κ1) is 14.6. The van der Waals surface area contributed by atoms with Gasteiger partial charge in [-0.25, -0.2) is 0 Å². The van der Waals surface area contributed by atoms with E-state index in [-0.39, 0.29) is 0 Å². The van der Waals surface area contributed by atoms with Crippen LogP contribution < -0.4 is 0 Å². The highest BCUT2D eigenvalue weighted by Gasteiger charge is 2.34. The van der Waals surface area contributed by atoms with Crippen molar-refractivity contribution in [3.63, 3.8) is 0 Å². The average Bonchev–Trinajstić information content (AvgIpc) is 2.33. The third kappa shape index (κ3) is 4.35. The van der Waals surface area contributed by atoms with Crippen molar-refractivity contribution in [1.29, 1.82) is 0 Å². The smallest absolute Gasteiger partial charge is 0.000633 e. The minimum atomic E-state index is 0.530. The van der Waals surface area contributed by atoms with Gasteiger partial charge >= 0.3 is 0 Å².